The standard InChI is InChI=1S/C13H19NO4/c15-10-7-14(6-9-4-2-1-3-5-9)8-11(16)13(18)12(10)17/h1-5,10-13,15-18H,6-8H2/t10-,11-,12+,13+/m0/s1. The molecule has 2 rings (SSSR count). The van der Waals surface area contributed by atoms with E-state index in [9.17, 15) is 20.4 Å². The number of nitrogens with zero attached hydrogens (tertiary/aromatic N) is 1. The van der Waals surface area contributed by atoms with E-state index in [4.69, 9.17) is 0 Å². The molecule has 0 radical (unpaired) electrons. The average molecular weight is 253 g/mol. The van der Waals surface area contributed by atoms with Crippen molar-refractivity contribution in [2.75, 3.05) is 13.1 Å². The molecule has 0 saturated carbocycles. The van der Waals surface area contributed by atoms with E-state index in [-0.39, 0.29) is 13.1 Å². The lowest BCUT2D eigenvalue weighted by molar-refractivity contribution is -0.0894. The molecule has 1 aromatic rings. The van der Waals surface area contributed by atoms with Gasteiger partial charge in [0.25, 0.3) is 0 Å². The van der Waals surface area contributed by atoms with Crippen LogP contribution in [0.1, 0.15) is 5.56 Å². The first kappa shape index (κ1) is 13.5. The normalized spacial score (nSPS) is 34.2. The van der Waals surface area contributed by atoms with Gasteiger partial charge in [-0.15, -0.1) is 0 Å². The Hall–Kier alpha value is -0.980. The van der Waals surface area contributed by atoms with Crippen LogP contribution in [0.15, 0.2) is 30.3 Å². The van der Waals surface area contributed by atoms with Crippen molar-refractivity contribution in [3.8, 4) is 0 Å². The first-order chi connectivity index (χ1) is 8.58. The second kappa shape index (κ2) is 5.77. The number of β-amino-alcohol motifs (C(OH)–C–C–N with tert-alkyl or cyclic N) is 2. The lowest BCUT2D eigenvalue weighted by Crippen LogP contribution is -2.43. The topological polar surface area (TPSA) is 84.2 Å². The van der Waals surface area contributed by atoms with Gasteiger partial charge >= 0.3 is 0 Å². The van der Waals surface area contributed by atoms with E-state index in [0.29, 0.717) is 6.54 Å². The van der Waals surface area contributed by atoms with Gasteiger partial charge in [0, 0.05) is 19.6 Å². The first-order valence-electron chi connectivity index (χ1n) is 6.06. The molecule has 0 bridgehead atoms. The summed E-state index contributed by atoms with van der Waals surface area (Å²) in [7, 11) is 0. The summed E-state index contributed by atoms with van der Waals surface area (Å²) in [6, 6.07) is 9.67. The fraction of sp³-hybridized carbons (Fsp3) is 0.538. The van der Waals surface area contributed by atoms with E-state index in [1.807, 2.05) is 35.2 Å². The molecular formula is C13H19NO4. The molecule has 0 aromatic heterocycles. The molecule has 1 aliphatic heterocycles. The van der Waals surface area contributed by atoms with Crippen LogP contribution in [-0.4, -0.2) is 62.8 Å². The summed E-state index contributed by atoms with van der Waals surface area (Å²) < 4.78 is 0. The van der Waals surface area contributed by atoms with Crippen molar-refractivity contribution >= 4 is 0 Å². The minimum atomic E-state index is -1.30. The van der Waals surface area contributed by atoms with Crippen LogP contribution in [0.5, 0.6) is 0 Å². The Bertz CT molecular complexity index is 357. The predicted molar refractivity (Wildman–Crippen MR) is 65.7 cm³/mol. The first-order valence-corrected chi connectivity index (χ1v) is 6.06. The Morgan fingerprint density at radius 3 is 1.89 bits per heavy atom. The molecule has 4 atom stereocenters. The van der Waals surface area contributed by atoms with Gasteiger partial charge in [0.15, 0.2) is 0 Å². The summed E-state index contributed by atoms with van der Waals surface area (Å²) in [6.07, 6.45) is -4.72. The molecule has 0 aliphatic carbocycles. The zero-order valence-electron chi connectivity index (χ0n) is 10.1. The maximum Gasteiger partial charge on any atom is 0.110 e. The molecule has 0 unspecified atom stereocenters. The quantitative estimate of drug-likeness (QED) is 0.540. The molecule has 1 heterocycles. The van der Waals surface area contributed by atoms with E-state index in [2.05, 4.69) is 0 Å². The molecule has 1 fully saturated rings. The molecule has 0 amide bonds. The fourth-order valence-corrected chi connectivity index (χ4v) is 2.25. The van der Waals surface area contributed by atoms with Crippen LogP contribution in [0.3, 0.4) is 0 Å². The van der Waals surface area contributed by atoms with E-state index in [1.165, 1.54) is 0 Å². The number of rotatable bonds is 2. The third-order valence-corrected chi connectivity index (χ3v) is 3.28. The summed E-state index contributed by atoms with van der Waals surface area (Å²) in [5.41, 5.74) is 1.06. The van der Waals surface area contributed by atoms with E-state index in [0.717, 1.165) is 5.56 Å². The van der Waals surface area contributed by atoms with Crippen molar-refractivity contribution in [3.05, 3.63) is 35.9 Å². The third-order valence-electron chi connectivity index (χ3n) is 3.28. The van der Waals surface area contributed by atoms with E-state index >= 15 is 0 Å². The van der Waals surface area contributed by atoms with Gasteiger partial charge in [-0.05, 0) is 5.56 Å². The van der Waals surface area contributed by atoms with Crippen LogP contribution in [0.4, 0.5) is 0 Å². The molecule has 5 nitrogen and oxygen atoms in total. The van der Waals surface area contributed by atoms with Gasteiger partial charge in [-0.3, -0.25) is 4.90 Å². The molecule has 4 N–H and O–H groups in total. The van der Waals surface area contributed by atoms with Gasteiger partial charge in [-0.1, -0.05) is 30.3 Å². The Labute approximate surface area is 106 Å². The zero-order chi connectivity index (χ0) is 13.1. The SMILES string of the molecule is O[C@H]1[C@H](O)[C@@H](O)CN(Cc2ccccc2)C[C@@H]1O. The second-order valence-corrected chi connectivity index (χ2v) is 4.80. The van der Waals surface area contributed by atoms with Crippen LogP contribution in [0.25, 0.3) is 0 Å². The molecule has 1 aromatic carbocycles. The Morgan fingerprint density at radius 2 is 1.39 bits per heavy atom. The second-order valence-electron chi connectivity index (χ2n) is 4.80. The lowest BCUT2D eigenvalue weighted by atomic mass is 10.1. The minimum absolute atomic E-state index is 0.226. The van der Waals surface area contributed by atoms with Crippen LogP contribution in [0.2, 0.25) is 0 Å². The number of hydrogen-bond acceptors (Lipinski definition) is 5. The summed E-state index contributed by atoms with van der Waals surface area (Å²) in [5, 5.41) is 38.7. The summed E-state index contributed by atoms with van der Waals surface area (Å²) >= 11 is 0. The van der Waals surface area contributed by atoms with Gasteiger partial charge < -0.3 is 20.4 Å². The van der Waals surface area contributed by atoms with Crippen molar-refractivity contribution in [3.63, 3.8) is 0 Å². The minimum Gasteiger partial charge on any atom is -0.389 e. The number of benzene rings is 1. The van der Waals surface area contributed by atoms with Gasteiger partial charge in [-0.25, -0.2) is 0 Å². The van der Waals surface area contributed by atoms with Gasteiger partial charge in [0.05, 0.1) is 12.2 Å². The van der Waals surface area contributed by atoms with Crippen LogP contribution in [0, 0.1) is 0 Å². The largest absolute Gasteiger partial charge is 0.389 e. The van der Waals surface area contributed by atoms with Gasteiger partial charge in [0.1, 0.15) is 12.2 Å². The Kier molecular flexibility index (Phi) is 4.31. The summed E-state index contributed by atoms with van der Waals surface area (Å²) in [4.78, 5) is 1.82. The molecule has 1 saturated heterocycles. The number of aliphatic hydroxyl groups is 4. The van der Waals surface area contributed by atoms with E-state index in [1.54, 1.807) is 0 Å². The lowest BCUT2D eigenvalue weighted by Gasteiger charge is -2.23. The van der Waals surface area contributed by atoms with Crippen LogP contribution >= 0.6 is 0 Å². The van der Waals surface area contributed by atoms with E-state index < -0.39 is 24.4 Å². The van der Waals surface area contributed by atoms with Gasteiger partial charge in [-0.2, -0.15) is 0 Å². The number of hydrogen-bond donors (Lipinski definition) is 4. The average Bonchev–Trinajstić information content (AvgIpc) is 2.44. The third kappa shape index (κ3) is 3.07. The highest BCUT2D eigenvalue weighted by Gasteiger charge is 2.36. The van der Waals surface area contributed by atoms with Crippen molar-refractivity contribution in [2.24, 2.45) is 0 Å². The number of likely N-dealkylation sites (tertiary alicyclic amines) is 1. The fourth-order valence-electron chi connectivity index (χ4n) is 2.25. The molecule has 18 heavy (non-hydrogen) atoms. The van der Waals surface area contributed by atoms with Crippen molar-refractivity contribution < 1.29 is 20.4 Å². The monoisotopic (exact) mass is 253 g/mol. The van der Waals surface area contributed by atoms with Crippen molar-refractivity contribution in [2.45, 2.75) is 31.0 Å². The molecule has 1 aliphatic rings. The van der Waals surface area contributed by atoms with Crippen molar-refractivity contribution in [1.82, 2.24) is 4.90 Å². The van der Waals surface area contributed by atoms with Crippen LogP contribution < -0.4 is 0 Å². The van der Waals surface area contributed by atoms with Crippen molar-refractivity contribution in [1.29, 1.82) is 0 Å². The zero-order valence-corrected chi connectivity index (χ0v) is 10.1. The molecule has 0 spiro atoms. The Balaban J connectivity index is 2.05. The highest BCUT2D eigenvalue weighted by atomic mass is 16.4. The summed E-state index contributed by atoms with van der Waals surface area (Å²) in [6.45, 7) is 1.02. The van der Waals surface area contributed by atoms with Gasteiger partial charge in [0.2, 0.25) is 0 Å². The van der Waals surface area contributed by atoms with Crippen LogP contribution in [-0.2, 0) is 6.54 Å². The molecular weight excluding hydrogens is 234 g/mol. The highest BCUT2D eigenvalue weighted by molar-refractivity contribution is 5.14. The molecule has 100 valence electrons. The summed E-state index contributed by atoms with van der Waals surface area (Å²) in [5.74, 6) is 0. The number of aliphatic hydroxyl groups excluding tert-OH is 4. The smallest absolute Gasteiger partial charge is 0.110 e. The Morgan fingerprint density at radius 1 is 0.889 bits per heavy atom. The maximum absolute atomic E-state index is 9.73. The maximum atomic E-state index is 9.73. The highest BCUT2D eigenvalue weighted by Crippen LogP contribution is 2.15. The molecule has 5 heteroatoms. The predicted octanol–water partition coefficient (Wildman–Crippen LogP) is -1.05.